The van der Waals surface area contributed by atoms with E-state index in [-0.39, 0.29) is 17.1 Å². The van der Waals surface area contributed by atoms with Crippen molar-refractivity contribution in [2.45, 2.75) is 0 Å². The highest BCUT2D eigenvalue weighted by atomic mass is 16.6. The van der Waals surface area contributed by atoms with E-state index in [1.807, 2.05) is 0 Å². The monoisotopic (exact) mass is 243 g/mol. The molecule has 2 aromatic rings. The minimum Gasteiger partial charge on any atom is -0.506 e. The van der Waals surface area contributed by atoms with E-state index in [0.29, 0.717) is 11.1 Å². The van der Waals surface area contributed by atoms with Crippen molar-refractivity contribution in [1.82, 2.24) is 0 Å². The summed E-state index contributed by atoms with van der Waals surface area (Å²) in [6.07, 6.45) is 0. The molecule has 18 heavy (non-hydrogen) atoms. The molecule has 0 saturated carbocycles. The average molecular weight is 243 g/mol. The topological polar surface area (TPSA) is 99.6 Å². The van der Waals surface area contributed by atoms with Gasteiger partial charge in [0.2, 0.25) is 0 Å². The van der Waals surface area contributed by atoms with Crippen LogP contribution in [0.1, 0.15) is 0 Å². The molecule has 0 spiro atoms. The SMILES string of the molecule is N=Nc1c(O)cccc1-c1ccc([N+](=O)[O-])cc1. The van der Waals surface area contributed by atoms with Crippen molar-refractivity contribution in [1.29, 1.82) is 5.53 Å². The number of nitro groups is 1. The number of hydrogen-bond acceptors (Lipinski definition) is 5. The summed E-state index contributed by atoms with van der Waals surface area (Å²) in [6, 6.07) is 10.6. The second kappa shape index (κ2) is 4.62. The highest BCUT2D eigenvalue weighted by molar-refractivity contribution is 5.79. The van der Waals surface area contributed by atoms with Crippen molar-refractivity contribution in [3.8, 4) is 16.9 Å². The second-order valence-electron chi connectivity index (χ2n) is 3.59. The van der Waals surface area contributed by atoms with E-state index in [2.05, 4.69) is 5.11 Å². The maximum Gasteiger partial charge on any atom is 0.269 e. The highest BCUT2D eigenvalue weighted by Crippen LogP contribution is 2.37. The van der Waals surface area contributed by atoms with Gasteiger partial charge in [0.05, 0.1) is 4.92 Å². The Labute approximate surface area is 102 Å². The van der Waals surface area contributed by atoms with Crippen molar-refractivity contribution in [2.24, 2.45) is 5.11 Å². The van der Waals surface area contributed by atoms with Crippen LogP contribution in [0.5, 0.6) is 5.75 Å². The van der Waals surface area contributed by atoms with Crippen molar-refractivity contribution in [3.63, 3.8) is 0 Å². The molecule has 0 radical (unpaired) electrons. The number of non-ortho nitro benzene ring substituents is 1. The molecule has 0 saturated heterocycles. The van der Waals surface area contributed by atoms with Gasteiger partial charge in [-0.15, -0.1) is 0 Å². The molecule has 0 amide bonds. The van der Waals surface area contributed by atoms with Gasteiger partial charge in [-0.3, -0.25) is 10.1 Å². The van der Waals surface area contributed by atoms with Gasteiger partial charge in [-0.2, -0.15) is 5.11 Å². The lowest BCUT2D eigenvalue weighted by molar-refractivity contribution is -0.384. The second-order valence-corrected chi connectivity index (χ2v) is 3.59. The van der Waals surface area contributed by atoms with Gasteiger partial charge in [0, 0.05) is 17.7 Å². The first kappa shape index (κ1) is 11.7. The molecular weight excluding hydrogens is 234 g/mol. The van der Waals surface area contributed by atoms with Crippen LogP contribution in [0, 0.1) is 15.6 Å². The zero-order valence-electron chi connectivity index (χ0n) is 9.20. The number of hydrogen-bond donors (Lipinski definition) is 2. The number of aromatic hydroxyl groups is 1. The summed E-state index contributed by atoms with van der Waals surface area (Å²) < 4.78 is 0. The predicted octanol–water partition coefficient (Wildman–Crippen LogP) is 3.63. The van der Waals surface area contributed by atoms with Crippen LogP contribution in [-0.4, -0.2) is 10.0 Å². The van der Waals surface area contributed by atoms with Crippen molar-refractivity contribution in [3.05, 3.63) is 52.6 Å². The van der Waals surface area contributed by atoms with Crippen LogP contribution in [0.25, 0.3) is 11.1 Å². The minimum atomic E-state index is -0.484. The smallest absolute Gasteiger partial charge is 0.269 e. The molecule has 0 aromatic heterocycles. The normalized spacial score (nSPS) is 10.0. The fourth-order valence-electron chi connectivity index (χ4n) is 1.64. The van der Waals surface area contributed by atoms with E-state index in [0.717, 1.165) is 0 Å². The largest absolute Gasteiger partial charge is 0.506 e. The Bertz CT molecular complexity index is 608. The first-order valence-electron chi connectivity index (χ1n) is 5.07. The van der Waals surface area contributed by atoms with E-state index in [1.165, 1.54) is 18.2 Å². The Kier molecular flexibility index (Phi) is 3.01. The number of nitrogens with zero attached hydrogens (tertiary/aromatic N) is 2. The van der Waals surface area contributed by atoms with Gasteiger partial charge in [-0.1, -0.05) is 12.1 Å². The van der Waals surface area contributed by atoms with E-state index in [1.54, 1.807) is 24.3 Å². The molecule has 0 aliphatic rings. The number of phenols is 1. The number of benzene rings is 2. The summed E-state index contributed by atoms with van der Waals surface area (Å²) >= 11 is 0. The van der Waals surface area contributed by atoms with Crippen LogP contribution in [0.2, 0.25) is 0 Å². The molecule has 0 atom stereocenters. The van der Waals surface area contributed by atoms with Gasteiger partial charge in [0.15, 0.2) is 0 Å². The molecule has 0 fully saturated rings. The van der Waals surface area contributed by atoms with E-state index in [9.17, 15) is 15.2 Å². The minimum absolute atomic E-state index is 0.0109. The summed E-state index contributed by atoms with van der Waals surface area (Å²) in [4.78, 5) is 10.1. The molecule has 6 heteroatoms. The molecule has 2 N–H and O–H groups in total. The highest BCUT2D eigenvalue weighted by Gasteiger charge is 2.10. The Morgan fingerprint density at radius 1 is 1.17 bits per heavy atom. The molecule has 90 valence electrons. The van der Waals surface area contributed by atoms with Crippen LogP contribution in [0.4, 0.5) is 11.4 Å². The summed E-state index contributed by atoms with van der Waals surface area (Å²) in [6.45, 7) is 0. The van der Waals surface area contributed by atoms with Crippen LogP contribution >= 0.6 is 0 Å². The number of para-hydroxylation sites is 1. The van der Waals surface area contributed by atoms with E-state index < -0.39 is 4.92 Å². The van der Waals surface area contributed by atoms with Gasteiger partial charge in [0.1, 0.15) is 11.4 Å². The van der Waals surface area contributed by atoms with Gasteiger partial charge >= 0.3 is 0 Å². The molecule has 2 aromatic carbocycles. The molecule has 0 aliphatic carbocycles. The quantitative estimate of drug-likeness (QED) is 0.489. The fraction of sp³-hybridized carbons (Fsp3) is 0. The first-order valence-corrected chi connectivity index (χ1v) is 5.07. The maximum absolute atomic E-state index is 10.5. The van der Waals surface area contributed by atoms with Crippen molar-refractivity contribution in [2.75, 3.05) is 0 Å². The van der Waals surface area contributed by atoms with Gasteiger partial charge in [-0.05, 0) is 23.8 Å². The molecule has 0 bridgehead atoms. The fourth-order valence-corrected chi connectivity index (χ4v) is 1.64. The molecule has 0 aliphatic heterocycles. The molecular formula is C12H9N3O3. The van der Waals surface area contributed by atoms with Crippen molar-refractivity contribution < 1.29 is 10.0 Å². The first-order chi connectivity index (χ1) is 8.63. The number of nitrogens with one attached hydrogen (secondary N) is 1. The maximum atomic E-state index is 10.5. The number of rotatable bonds is 3. The summed E-state index contributed by atoms with van der Waals surface area (Å²) in [5.74, 6) is -0.0964. The molecule has 0 heterocycles. The van der Waals surface area contributed by atoms with Crippen LogP contribution in [0.15, 0.2) is 47.6 Å². The van der Waals surface area contributed by atoms with Gasteiger partial charge < -0.3 is 5.11 Å². The molecule has 0 unspecified atom stereocenters. The molecule has 2 rings (SSSR count). The summed E-state index contributed by atoms with van der Waals surface area (Å²) in [5.41, 5.74) is 8.39. The van der Waals surface area contributed by atoms with Crippen LogP contribution < -0.4 is 0 Å². The third-order valence-electron chi connectivity index (χ3n) is 2.52. The Balaban J connectivity index is 2.52. The van der Waals surface area contributed by atoms with Crippen LogP contribution in [-0.2, 0) is 0 Å². The van der Waals surface area contributed by atoms with Crippen molar-refractivity contribution >= 4 is 11.4 Å². The van der Waals surface area contributed by atoms with Gasteiger partial charge in [0.25, 0.3) is 5.69 Å². The third-order valence-corrected chi connectivity index (χ3v) is 2.52. The lowest BCUT2D eigenvalue weighted by Crippen LogP contribution is -1.87. The van der Waals surface area contributed by atoms with Crippen LogP contribution in [0.3, 0.4) is 0 Å². The molecule has 6 nitrogen and oxygen atoms in total. The Morgan fingerprint density at radius 2 is 1.83 bits per heavy atom. The van der Waals surface area contributed by atoms with Gasteiger partial charge in [-0.25, -0.2) is 5.53 Å². The number of nitro benzene ring substituents is 1. The predicted molar refractivity (Wildman–Crippen MR) is 65.0 cm³/mol. The third kappa shape index (κ3) is 2.03. The zero-order chi connectivity index (χ0) is 13.1. The lowest BCUT2D eigenvalue weighted by Gasteiger charge is -2.06. The Morgan fingerprint density at radius 3 is 2.39 bits per heavy atom. The average Bonchev–Trinajstić information content (AvgIpc) is 2.38. The zero-order valence-corrected chi connectivity index (χ0v) is 9.20. The van der Waals surface area contributed by atoms with E-state index in [4.69, 9.17) is 5.53 Å². The standard InChI is InChI=1S/C12H9N3O3/c13-14-12-10(2-1-3-11(12)16)8-4-6-9(7-5-8)15(17)18/h1-7,13,16H. The summed E-state index contributed by atoms with van der Waals surface area (Å²) in [7, 11) is 0. The van der Waals surface area contributed by atoms with E-state index >= 15 is 0 Å². The lowest BCUT2D eigenvalue weighted by atomic mass is 10.0. The summed E-state index contributed by atoms with van der Waals surface area (Å²) in [5, 5.41) is 23.4. The Hall–Kier alpha value is -2.76. The number of phenolic OH excluding ortho intramolecular Hbond substituents is 1.